The zero-order valence-corrected chi connectivity index (χ0v) is 10.9. The summed E-state index contributed by atoms with van der Waals surface area (Å²) in [5.74, 6) is 0. The third-order valence-electron chi connectivity index (χ3n) is 2.43. The smallest absolute Gasteiger partial charge is 0.0702 e. The molecule has 0 bridgehead atoms. The van der Waals surface area contributed by atoms with Gasteiger partial charge < -0.3 is 10.0 Å². The molecule has 0 fully saturated rings. The van der Waals surface area contributed by atoms with Crippen LogP contribution in [0.4, 0.5) is 5.69 Å². The zero-order chi connectivity index (χ0) is 11.3. The van der Waals surface area contributed by atoms with Gasteiger partial charge in [0.2, 0.25) is 0 Å². The van der Waals surface area contributed by atoms with Gasteiger partial charge in [-0.1, -0.05) is 22.9 Å². The van der Waals surface area contributed by atoms with Gasteiger partial charge in [-0.05, 0) is 31.5 Å². The van der Waals surface area contributed by atoms with E-state index in [2.05, 4.69) is 40.7 Å². The minimum absolute atomic E-state index is 0.0922. The number of aliphatic hydroxyl groups is 1. The lowest BCUT2D eigenvalue weighted by molar-refractivity contribution is 0.282. The van der Waals surface area contributed by atoms with Gasteiger partial charge in [0.15, 0.2) is 0 Å². The number of anilines is 1. The standard InChI is InChI=1S/C12H18BrNO/c1-3-7-14(4-2)12-6-5-11(13)8-10(12)9-15/h5-6,8,15H,3-4,7,9H2,1-2H3. The van der Waals surface area contributed by atoms with E-state index in [0.29, 0.717) is 0 Å². The summed E-state index contributed by atoms with van der Waals surface area (Å²) >= 11 is 3.42. The maximum atomic E-state index is 9.31. The predicted octanol–water partition coefficient (Wildman–Crippen LogP) is 3.18. The Morgan fingerprint density at radius 1 is 1.33 bits per heavy atom. The summed E-state index contributed by atoms with van der Waals surface area (Å²) in [6.45, 7) is 6.40. The van der Waals surface area contributed by atoms with E-state index in [1.165, 1.54) is 0 Å². The monoisotopic (exact) mass is 271 g/mol. The summed E-state index contributed by atoms with van der Waals surface area (Å²) in [5.41, 5.74) is 2.13. The van der Waals surface area contributed by atoms with Crippen molar-refractivity contribution >= 4 is 21.6 Å². The van der Waals surface area contributed by atoms with Gasteiger partial charge in [0.25, 0.3) is 0 Å². The van der Waals surface area contributed by atoms with E-state index in [1.807, 2.05) is 12.1 Å². The van der Waals surface area contributed by atoms with Crippen LogP contribution in [0.5, 0.6) is 0 Å². The van der Waals surface area contributed by atoms with Gasteiger partial charge in [-0.25, -0.2) is 0 Å². The van der Waals surface area contributed by atoms with Crippen molar-refractivity contribution in [2.45, 2.75) is 26.9 Å². The van der Waals surface area contributed by atoms with Crippen LogP contribution in [0.25, 0.3) is 0 Å². The first-order valence-corrected chi connectivity index (χ1v) is 6.16. The van der Waals surface area contributed by atoms with E-state index >= 15 is 0 Å². The van der Waals surface area contributed by atoms with E-state index in [1.54, 1.807) is 0 Å². The van der Waals surface area contributed by atoms with Crippen LogP contribution in [0.3, 0.4) is 0 Å². The lowest BCUT2D eigenvalue weighted by atomic mass is 10.1. The molecule has 0 saturated carbocycles. The first kappa shape index (κ1) is 12.5. The highest BCUT2D eigenvalue weighted by atomic mass is 79.9. The first-order valence-electron chi connectivity index (χ1n) is 5.37. The molecular weight excluding hydrogens is 254 g/mol. The predicted molar refractivity (Wildman–Crippen MR) is 68.2 cm³/mol. The molecule has 0 spiro atoms. The lowest BCUT2D eigenvalue weighted by Crippen LogP contribution is -2.24. The fraction of sp³-hybridized carbons (Fsp3) is 0.500. The van der Waals surface area contributed by atoms with Gasteiger partial charge in [0, 0.05) is 28.8 Å². The van der Waals surface area contributed by atoms with E-state index in [4.69, 9.17) is 0 Å². The molecule has 0 heterocycles. The Hall–Kier alpha value is -0.540. The lowest BCUT2D eigenvalue weighted by Gasteiger charge is -2.25. The molecule has 0 atom stereocenters. The summed E-state index contributed by atoms with van der Waals surface area (Å²) in [6, 6.07) is 6.06. The minimum atomic E-state index is 0.0922. The van der Waals surface area contributed by atoms with E-state index < -0.39 is 0 Å². The van der Waals surface area contributed by atoms with Crippen molar-refractivity contribution in [2.24, 2.45) is 0 Å². The Labute approximate surface area is 100 Å². The zero-order valence-electron chi connectivity index (χ0n) is 9.33. The van der Waals surface area contributed by atoms with Crippen molar-refractivity contribution in [1.29, 1.82) is 0 Å². The topological polar surface area (TPSA) is 23.5 Å². The van der Waals surface area contributed by atoms with E-state index in [9.17, 15) is 5.11 Å². The van der Waals surface area contributed by atoms with Crippen molar-refractivity contribution in [1.82, 2.24) is 0 Å². The second-order valence-corrected chi connectivity index (χ2v) is 4.43. The molecule has 15 heavy (non-hydrogen) atoms. The average molecular weight is 272 g/mol. The summed E-state index contributed by atoms with van der Waals surface area (Å²) in [5, 5.41) is 9.31. The van der Waals surface area contributed by atoms with Crippen LogP contribution in [-0.2, 0) is 6.61 Å². The van der Waals surface area contributed by atoms with Gasteiger partial charge in [0.05, 0.1) is 6.61 Å². The maximum Gasteiger partial charge on any atom is 0.0702 e. The molecule has 0 aromatic heterocycles. The third kappa shape index (κ3) is 3.21. The van der Waals surface area contributed by atoms with Gasteiger partial charge in [-0.15, -0.1) is 0 Å². The number of halogens is 1. The van der Waals surface area contributed by atoms with Crippen LogP contribution in [-0.4, -0.2) is 18.2 Å². The number of hydrogen-bond donors (Lipinski definition) is 1. The van der Waals surface area contributed by atoms with E-state index in [-0.39, 0.29) is 6.61 Å². The normalized spacial score (nSPS) is 10.4. The molecule has 0 unspecified atom stereocenters. The third-order valence-corrected chi connectivity index (χ3v) is 2.92. The molecule has 84 valence electrons. The fourth-order valence-corrected chi connectivity index (χ4v) is 2.12. The SMILES string of the molecule is CCCN(CC)c1ccc(Br)cc1CO. The average Bonchev–Trinajstić information content (AvgIpc) is 2.26. The van der Waals surface area contributed by atoms with Gasteiger partial charge in [-0.2, -0.15) is 0 Å². The second-order valence-electron chi connectivity index (χ2n) is 3.51. The van der Waals surface area contributed by atoms with Gasteiger partial charge in [-0.3, -0.25) is 0 Å². The summed E-state index contributed by atoms with van der Waals surface area (Å²) in [4.78, 5) is 2.29. The highest BCUT2D eigenvalue weighted by molar-refractivity contribution is 9.10. The highest BCUT2D eigenvalue weighted by Crippen LogP contribution is 2.24. The van der Waals surface area contributed by atoms with Crippen LogP contribution in [0, 0.1) is 0 Å². The molecule has 1 aromatic rings. The fourth-order valence-electron chi connectivity index (χ4n) is 1.71. The van der Waals surface area contributed by atoms with E-state index in [0.717, 1.165) is 35.2 Å². The Morgan fingerprint density at radius 3 is 2.60 bits per heavy atom. The van der Waals surface area contributed by atoms with Crippen LogP contribution in [0.15, 0.2) is 22.7 Å². The summed E-state index contributed by atoms with van der Waals surface area (Å²) < 4.78 is 1.02. The minimum Gasteiger partial charge on any atom is -0.392 e. The number of benzene rings is 1. The largest absolute Gasteiger partial charge is 0.392 e. The molecule has 0 aliphatic rings. The van der Waals surface area contributed by atoms with Crippen molar-refractivity contribution in [3.63, 3.8) is 0 Å². The quantitative estimate of drug-likeness (QED) is 0.889. The number of rotatable bonds is 5. The van der Waals surface area contributed by atoms with Crippen molar-refractivity contribution in [3.05, 3.63) is 28.2 Å². The van der Waals surface area contributed by atoms with Crippen molar-refractivity contribution in [3.8, 4) is 0 Å². The Morgan fingerprint density at radius 2 is 2.07 bits per heavy atom. The van der Waals surface area contributed by atoms with Crippen molar-refractivity contribution in [2.75, 3.05) is 18.0 Å². The molecule has 1 aromatic carbocycles. The van der Waals surface area contributed by atoms with Crippen LogP contribution in [0.1, 0.15) is 25.8 Å². The molecule has 0 amide bonds. The number of hydrogen-bond acceptors (Lipinski definition) is 2. The first-order chi connectivity index (χ1) is 7.22. The van der Waals surface area contributed by atoms with Crippen molar-refractivity contribution < 1.29 is 5.11 Å². The molecule has 0 radical (unpaired) electrons. The molecule has 1 rings (SSSR count). The Balaban J connectivity index is 2.99. The van der Waals surface area contributed by atoms with Crippen LogP contribution < -0.4 is 4.90 Å². The molecule has 0 aliphatic heterocycles. The maximum absolute atomic E-state index is 9.31. The number of aliphatic hydroxyl groups excluding tert-OH is 1. The molecular formula is C12H18BrNO. The van der Waals surface area contributed by atoms with Crippen LogP contribution in [0.2, 0.25) is 0 Å². The molecule has 3 heteroatoms. The van der Waals surface area contributed by atoms with Gasteiger partial charge in [0.1, 0.15) is 0 Å². The van der Waals surface area contributed by atoms with Gasteiger partial charge >= 0.3 is 0 Å². The molecule has 1 N–H and O–H groups in total. The number of nitrogens with zero attached hydrogens (tertiary/aromatic N) is 1. The molecule has 2 nitrogen and oxygen atoms in total. The molecule has 0 aliphatic carbocycles. The Kier molecular flexibility index (Phi) is 5.12. The summed E-state index contributed by atoms with van der Waals surface area (Å²) in [7, 11) is 0. The van der Waals surface area contributed by atoms with Crippen LogP contribution >= 0.6 is 15.9 Å². The second kappa shape index (κ2) is 6.13. The Bertz CT molecular complexity index is 314. The molecule has 0 saturated heterocycles. The highest BCUT2D eigenvalue weighted by Gasteiger charge is 2.08. The summed E-state index contributed by atoms with van der Waals surface area (Å²) in [6.07, 6.45) is 1.12.